The number of methoxy groups -OCH3 is 1. The highest BCUT2D eigenvalue weighted by Crippen LogP contribution is 2.54. The molecular formula is C40H50O16. The van der Waals surface area contributed by atoms with E-state index in [4.69, 9.17) is 33.2 Å². The number of carbonyl (C=O) groups is 3. The molecule has 6 N–H and O–H groups in total. The van der Waals surface area contributed by atoms with E-state index in [0.29, 0.717) is 25.7 Å². The van der Waals surface area contributed by atoms with Crippen molar-refractivity contribution in [3.8, 4) is 17.2 Å². The van der Waals surface area contributed by atoms with Crippen molar-refractivity contribution in [1.82, 2.24) is 0 Å². The van der Waals surface area contributed by atoms with Gasteiger partial charge in [0, 0.05) is 36.8 Å². The molecule has 3 fully saturated rings. The molecule has 16 heteroatoms. The molecule has 13 unspecified atom stereocenters. The molecule has 3 aliphatic heterocycles. The molecule has 13 atom stereocenters. The van der Waals surface area contributed by atoms with Crippen LogP contribution < -0.4 is 0 Å². The van der Waals surface area contributed by atoms with Crippen LogP contribution in [0.15, 0.2) is 18.2 Å². The number of esters is 1. The predicted octanol–water partition coefficient (Wildman–Crippen LogP) is 3.12. The Hall–Kier alpha value is -3.71. The minimum Gasteiger partial charge on any atom is -0.507 e. The smallest absolute Gasteiger partial charge is 0.316 e. The first-order chi connectivity index (χ1) is 26.6. The average Bonchev–Trinajstić information content (AvgIpc) is 3.15. The Balaban J connectivity index is 1.10. The summed E-state index contributed by atoms with van der Waals surface area (Å²) in [6.45, 7) is 7.01. The number of hydrogen-bond donors (Lipinski definition) is 6. The van der Waals surface area contributed by atoms with Gasteiger partial charge < -0.3 is 63.8 Å². The van der Waals surface area contributed by atoms with Gasteiger partial charge in [-0.25, -0.2) is 0 Å². The number of benzene rings is 2. The number of aliphatic hydroxyl groups excluding tert-OH is 2. The molecule has 2 aromatic carbocycles. The first-order valence-electron chi connectivity index (χ1n) is 19.2. The van der Waals surface area contributed by atoms with Gasteiger partial charge in [0.2, 0.25) is 5.78 Å². The molecule has 0 amide bonds. The summed E-state index contributed by atoms with van der Waals surface area (Å²) >= 11 is 0. The second kappa shape index (κ2) is 15.6. The fourth-order valence-corrected chi connectivity index (χ4v) is 8.86. The first kappa shape index (κ1) is 40.5. The largest absolute Gasteiger partial charge is 0.507 e. The zero-order valence-electron chi connectivity index (χ0n) is 31.9. The Labute approximate surface area is 323 Å². The molecule has 7 rings (SSSR count). The fourth-order valence-electron chi connectivity index (χ4n) is 8.86. The summed E-state index contributed by atoms with van der Waals surface area (Å²) in [5.41, 5.74) is -3.70. The summed E-state index contributed by atoms with van der Waals surface area (Å²) in [7, 11) is 1.13. The summed E-state index contributed by atoms with van der Waals surface area (Å²) in [5.74, 6) is -5.98. The monoisotopic (exact) mass is 786 g/mol. The molecule has 5 aliphatic rings. The van der Waals surface area contributed by atoms with Gasteiger partial charge in [-0.05, 0) is 63.8 Å². The molecule has 0 saturated carbocycles. The highest BCUT2D eigenvalue weighted by molar-refractivity contribution is 6.31. The van der Waals surface area contributed by atoms with Crippen LogP contribution in [0.25, 0.3) is 0 Å². The zero-order chi connectivity index (χ0) is 40.4. The van der Waals surface area contributed by atoms with Crippen molar-refractivity contribution in [2.24, 2.45) is 0 Å². The molecule has 0 aromatic heterocycles. The lowest BCUT2D eigenvalue weighted by Crippen LogP contribution is -2.53. The summed E-state index contributed by atoms with van der Waals surface area (Å²) in [6.07, 6.45) is -5.75. The van der Waals surface area contributed by atoms with Crippen molar-refractivity contribution >= 4 is 17.5 Å². The number of carbonyl (C=O) groups excluding carboxylic acids is 3. The first-order valence-corrected chi connectivity index (χ1v) is 19.2. The van der Waals surface area contributed by atoms with E-state index in [2.05, 4.69) is 0 Å². The third kappa shape index (κ3) is 7.09. The van der Waals surface area contributed by atoms with Crippen LogP contribution in [-0.4, -0.2) is 122 Å². The van der Waals surface area contributed by atoms with Gasteiger partial charge >= 0.3 is 5.97 Å². The zero-order valence-corrected chi connectivity index (χ0v) is 31.9. The van der Waals surface area contributed by atoms with Crippen LogP contribution in [0, 0.1) is 0 Å². The molecular weight excluding hydrogens is 736 g/mol. The predicted molar refractivity (Wildman–Crippen MR) is 191 cm³/mol. The molecule has 0 spiro atoms. The number of aliphatic hydroxyl groups is 3. The molecule has 2 aromatic rings. The third-order valence-electron chi connectivity index (χ3n) is 12.0. The van der Waals surface area contributed by atoms with E-state index in [9.17, 15) is 45.0 Å². The fraction of sp³-hybridized carbons (Fsp3) is 0.625. The summed E-state index contributed by atoms with van der Waals surface area (Å²) in [5, 5.41) is 66.3. The van der Waals surface area contributed by atoms with Gasteiger partial charge in [0.25, 0.3) is 0 Å². The van der Waals surface area contributed by atoms with Crippen LogP contribution in [0.4, 0.5) is 0 Å². The second-order valence-electron chi connectivity index (χ2n) is 15.5. The van der Waals surface area contributed by atoms with Crippen LogP contribution in [0.2, 0.25) is 0 Å². The van der Waals surface area contributed by atoms with Gasteiger partial charge in [0.15, 0.2) is 24.7 Å². The van der Waals surface area contributed by atoms with Crippen molar-refractivity contribution < 1.29 is 78.2 Å². The van der Waals surface area contributed by atoms with Crippen molar-refractivity contribution in [3.05, 3.63) is 51.6 Å². The van der Waals surface area contributed by atoms with Crippen LogP contribution in [0.5, 0.6) is 17.2 Å². The van der Waals surface area contributed by atoms with Crippen molar-refractivity contribution in [3.63, 3.8) is 0 Å². The van der Waals surface area contributed by atoms with Crippen molar-refractivity contribution in [2.45, 2.75) is 152 Å². The van der Waals surface area contributed by atoms with Crippen LogP contribution >= 0.6 is 0 Å². The van der Waals surface area contributed by atoms with Gasteiger partial charge in [-0.3, -0.25) is 14.4 Å². The summed E-state index contributed by atoms with van der Waals surface area (Å²) < 4.78 is 42.0. The SMILES string of the molecule is CCC1(O)CC(OC2CC(O)C(OC3CCC(OC4CCC(O)C(C)O4)C(C)O3)C(C)O2)c2c(cc3c(c2O)C(=O)c2c(O)ccc(O)c2C3=O)C1C(=O)OC. The quantitative estimate of drug-likeness (QED) is 0.142. The maximum atomic E-state index is 13.9. The molecule has 16 nitrogen and oxygen atoms in total. The number of rotatable bonds is 8. The minimum absolute atomic E-state index is 0.0103. The lowest BCUT2D eigenvalue weighted by atomic mass is 9.67. The topological polar surface area (TPSA) is 237 Å². The van der Waals surface area contributed by atoms with E-state index in [0.717, 1.165) is 19.2 Å². The highest BCUT2D eigenvalue weighted by Gasteiger charge is 2.53. The third-order valence-corrected chi connectivity index (χ3v) is 12.0. The van der Waals surface area contributed by atoms with Gasteiger partial charge in [-0.15, -0.1) is 0 Å². The number of hydrogen-bond acceptors (Lipinski definition) is 16. The Bertz CT molecular complexity index is 1850. The van der Waals surface area contributed by atoms with Crippen molar-refractivity contribution in [2.75, 3.05) is 7.11 Å². The molecule has 2 aliphatic carbocycles. The summed E-state index contributed by atoms with van der Waals surface area (Å²) in [4.78, 5) is 41.0. The van der Waals surface area contributed by atoms with Gasteiger partial charge in [0.1, 0.15) is 29.3 Å². The van der Waals surface area contributed by atoms with E-state index in [-0.39, 0.29) is 54.3 Å². The minimum atomic E-state index is -1.82. The van der Waals surface area contributed by atoms with Crippen LogP contribution in [-0.2, 0) is 38.0 Å². The lowest BCUT2D eigenvalue weighted by molar-refractivity contribution is -0.320. The highest BCUT2D eigenvalue weighted by atomic mass is 16.7. The van der Waals surface area contributed by atoms with E-state index in [1.807, 2.05) is 6.92 Å². The average molecular weight is 787 g/mol. The molecule has 0 bridgehead atoms. The summed E-state index contributed by atoms with van der Waals surface area (Å²) in [6, 6.07) is 3.33. The van der Waals surface area contributed by atoms with E-state index in [1.165, 1.54) is 6.07 Å². The number of aromatic hydroxyl groups is 3. The van der Waals surface area contributed by atoms with Crippen LogP contribution in [0.1, 0.15) is 128 Å². The standard InChI is InChI=1S/C40H50O16/c1-6-40(49)15-26(30-19(34(40)39(48)50-5)13-20-31(36(30)46)37(47)33-23(43)8-7-22(42)32(33)35(20)45)55-29-14-24(44)38(18(4)53-29)56-28-12-10-25(17(3)52-28)54-27-11-9-21(41)16(2)51-27/h7-8,13,16-18,21,24-29,34,38,41-44,46,49H,6,9-12,14-15H2,1-5H3. The number of ether oxygens (including phenoxy) is 7. The second-order valence-corrected chi connectivity index (χ2v) is 15.5. The maximum absolute atomic E-state index is 13.9. The van der Waals surface area contributed by atoms with Gasteiger partial charge in [-0.2, -0.15) is 0 Å². The number of ketones is 2. The molecule has 306 valence electrons. The Morgan fingerprint density at radius 2 is 1.43 bits per heavy atom. The van der Waals surface area contributed by atoms with Crippen molar-refractivity contribution in [1.29, 1.82) is 0 Å². The van der Waals surface area contributed by atoms with E-state index >= 15 is 0 Å². The molecule has 3 saturated heterocycles. The normalized spacial score (nSPS) is 37.0. The lowest BCUT2D eigenvalue weighted by Gasteiger charge is -2.46. The molecule has 3 heterocycles. The van der Waals surface area contributed by atoms with E-state index in [1.54, 1.807) is 20.8 Å². The Morgan fingerprint density at radius 3 is 2.05 bits per heavy atom. The Kier molecular flexibility index (Phi) is 11.3. The Morgan fingerprint density at radius 1 is 0.804 bits per heavy atom. The molecule has 0 radical (unpaired) electrons. The number of fused-ring (bicyclic) bond motifs is 3. The van der Waals surface area contributed by atoms with Gasteiger partial charge in [-0.1, -0.05) is 6.92 Å². The van der Waals surface area contributed by atoms with Crippen LogP contribution in [0.3, 0.4) is 0 Å². The molecule has 56 heavy (non-hydrogen) atoms. The number of phenolic OH excluding ortho intramolecular Hbond substituents is 3. The van der Waals surface area contributed by atoms with Gasteiger partial charge in [0.05, 0.1) is 72.1 Å². The van der Waals surface area contributed by atoms with E-state index < -0.39 is 112 Å². The maximum Gasteiger partial charge on any atom is 0.316 e. The number of phenols is 3.